The van der Waals surface area contributed by atoms with Gasteiger partial charge in [0.1, 0.15) is 11.5 Å². The highest BCUT2D eigenvalue weighted by Crippen LogP contribution is 2.42. The van der Waals surface area contributed by atoms with Gasteiger partial charge in [-0.05, 0) is 74.3 Å². The normalized spacial score (nSPS) is 17.5. The third-order valence-corrected chi connectivity index (χ3v) is 6.78. The van der Waals surface area contributed by atoms with E-state index in [1.165, 1.54) is 26.1 Å². The van der Waals surface area contributed by atoms with E-state index in [0.717, 1.165) is 17.0 Å². The van der Waals surface area contributed by atoms with Crippen LogP contribution in [0.25, 0.3) is 0 Å². The standard InChI is InChI=1S/C25H26F8N2O.ClH/c1-15(17-11-18(24(28,29)30)13-19(12-17)25(31,32)33)35(2)22(36)14-21(16-3-5-20(26)6-4-16)23(27)7-9-34-10-8-23;/h3-6,11-13,15,21,34H,7-10,14H2,1-2H3;1H/t15-,21?;/m1./s1. The van der Waals surface area contributed by atoms with Crippen molar-refractivity contribution in [3.05, 3.63) is 70.5 Å². The molecule has 2 aromatic rings. The highest BCUT2D eigenvalue weighted by molar-refractivity contribution is 5.85. The highest BCUT2D eigenvalue weighted by Gasteiger charge is 2.43. The minimum absolute atomic E-state index is 0. The number of piperidine rings is 1. The molecule has 1 heterocycles. The lowest BCUT2D eigenvalue weighted by Crippen LogP contribution is -2.44. The molecular weight excluding hydrogens is 532 g/mol. The van der Waals surface area contributed by atoms with Crippen LogP contribution in [0.1, 0.15) is 60.4 Å². The summed E-state index contributed by atoms with van der Waals surface area (Å²) in [6, 6.07) is 5.04. The number of nitrogens with zero attached hydrogens (tertiary/aromatic N) is 1. The Kier molecular flexibility index (Phi) is 9.62. The zero-order valence-electron chi connectivity index (χ0n) is 20.0. The number of carbonyl (C=O) groups is 1. The number of halogens is 9. The Morgan fingerprint density at radius 3 is 1.89 bits per heavy atom. The van der Waals surface area contributed by atoms with Crippen LogP contribution in [0.4, 0.5) is 35.1 Å². The van der Waals surface area contributed by atoms with Crippen molar-refractivity contribution in [3.63, 3.8) is 0 Å². The number of carbonyl (C=O) groups excluding carboxylic acids is 1. The van der Waals surface area contributed by atoms with Gasteiger partial charge in [0.2, 0.25) is 5.91 Å². The molecule has 1 N–H and O–H groups in total. The molecule has 2 aromatic carbocycles. The zero-order valence-corrected chi connectivity index (χ0v) is 20.8. The Morgan fingerprint density at radius 2 is 1.43 bits per heavy atom. The number of alkyl halides is 7. The third kappa shape index (κ3) is 7.34. The molecule has 0 aliphatic carbocycles. The lowest BCUT2D eigenvalue weighted by molar-refractivity contribution is -0.143. The summed E-state index contributed by atoms with van der Waals surface area (Å²) in [4.78, 5) is 14.2. The fourth-order valence-corrected chi connectivity index (χ4v) is 4.46. The van der Waals surface area contributed by atoms with Gasteiger partial charge >= 0.3 is 12.4 Å². The summed E-state index contributed by atoms with van der Waals surface area (Å²) in [6.07, 6.45) is -10.3. The Labute approximate surface area is 215 Å². The fraction of sp³-hybridized carbons (Fsp3) is 0.480. The zero-order chi connectivity index (χ0) is 26.9. The van der Waals surface area contributed by atoms with E-state index in [-0.39, 0.29) is 36.9 Å². The van der Waals surface area contributed by atoms with Gasteiger partial charge in [-0.25, -0.2) is 8.78 Å². The molecule has 0 saturated carbocycles. The minimum Gasteiger partial charge on any atom is -0.339 e. The lowest BCUT2D eigenvalue weighted by Gasteiger charge is -2.38. The van der Waals surface area contributed by atoms with E-state index in [1.807, 2.05) is 0 Å². The number of rotatable bonds is 6. The molecule has 1 saturated heterocycles. The van der Waals surface area contributed by atoms with Crippen molar-refractivity contribution < 1.29 is 39.9 Å². The summed E-state index contributed by atoms with van der Waals surface area (Å²) < 4.78 is 109. The molecule has 1 aliphatic heterocycles. The van der Waals surface area contributed by atoms with E-state index in [0.29, 0.717) is 30.8 Å². The predicted molar refractivity (Wildman–Crippen MR) is 125 cm³/mol. The average molecular weight is 559 g/mol. The van der Waals surface area contributed by atoms with Gasteiger partial charge < -0.3 is 10.2 Å². The third-order valence-electron chi connectivity index (χ3n) is 6.78. The van der Waals surface area contributed by atoms with E-state index in [1.54, 1.807) is 0 Å². The van der Waals surface area contributed by atoms with Gasteiger partial charge in [-0.15, -0.1) is 12.4 Å². The van der Waals surface area contributed by atoms with Crippen LogP contribution in [-0.4, -0.2) is 36.6 Å². The van der Waals surface area contributed by atoms with Crippen molar-refractivity contribution in [3.8, 4) is 0 Å². The van der Waals surface area contributed by atoms with E-state index < -0.39 is 59.3 Å². The summed E-state index contributed by atoms with van der Waals surface area (Å²) in [5.74, 6) is -2.19. The largest absolute Gasteiger partial charge is 0.416 e. The molecule has 0 bridgehead atoms. The van der Waals surface area contributed by atoms with Crippen molar-refractivity contribution in [1.29, 1.82) is 0 Å². The minimum atomic E-state index is -5.03. The predicted octanol–water partition coefficient (Wildman–Crippen LogP) is 7.07. The number of amides is 1. The second-order valence-corrected chi connectivity index (χ2v) is 9.11. The number of benzene rings is 2. The molecule has 206 valence electrons. The van der Waals surface area contributed by atoms with Crippen LogP contribution in [0, 0.1) is 5.82 Å². The van der Waals surface area contributed by atoms with E-state index >= 15 is 4.39 Å². The average Bonchev–Trinajstić information content (AvgIpc) is 2.81. The van der Waals surface area contributed by atoms with Crippen LogP contribution in [0.5, 0.6) is 0 Å². The summed E-state index contributed by atoms with van der Waals surface area (Å²) >= 11 is 0. The van der Waals surface area contributed by atoms with Gasteiger partial charge in [-0.1, -0.05) is 12.1 Å². The first-order valence-electron chi connectivity index (χ1n) is 11.3. The van der Waals surface area contributed by atoms with Gasteiger partial charge in [-0.2, -0.15) is 26.3 Å². The van der Waals surface area contributed by atoms with Gasteiger partial charge in [0.15, 0.2) is 0 Å². The van der Waals surface area contributed by atoms with Gasteiger partial charge in [-0.3, -0.25) is 4.79 Å². The molecule has 1 aliphatic rings. The molecule has 37 heavy (non-hydrogen) atoms. The number of nitrogens with one attached hydrogen (secondary N) is 1. The Balaban J connectivity index is 0.00000481. The lowest BCUT2D eigenvalue weighted by atomic mass is 9.75. The maximum absolute atomic E-state index is 16.0. The van der Waals surface area contributed by atoms with Crippen LogP contribution in [0.3, 0.4) is 0 Å². The quantitative estimate of drug-likeness (QED) is 0.385. The first kappa shape index (κ1) is 30.8. The van der Waals surface area contributed by atoms with Crippen LogP contribution in [0.15, 0.2) is 42.5 Å². The molecule has 2 atom stereocenters. The smallest absolute Gasteiger partial charge is 0.339 e. The fourth-order valence-electron chi connectivity index (χ4n) is 4.46. The second kappa shape index (κ2) is 11.6. The topological polar surface area (TPSA) is 32.3 Å². The molecule has 0 radical (unpaired) electrons. The maximum atomic E-state index is 16.0. The molecule has 0 aromatic heterocycles. The molecule has 12 heteroatoms. The highest BCUT2D eigenvalue weighted by atomic mass is 35.5. The molecule has 3 nitrogen and oxygen atoms in total. The summed E-state index contributed by atoms with van der Waals surface area (Å²) in [5.41, 5.74) is -4.75. The molecule has 1 amide bonds. The van der Waals surface area contributed by atoms with E-state index in [9.17, 15) is 35.5 Å². The summed E-state index contributed by atoms with van der Waals surface area (Å²) in [6.45, 7) is 2.02. The van der Waals surface area contributed by atoms with Gasteiger partial charge in [0.05, 0.1) is 17.2 Å². The van der Waals surface area contributed by atoms with Crippen LogP contribution in [-0.2, 0) is 17.1 Å². The Hall–Kier alpha value is -2.40. The SMILES string of the molecule is C[C@H](c1cc(C(F)(F)F)cc(C(F)(F)F)c1)N(C)C(=O)CC(c1ccc(F)cc1)C1(F)CCNCC1.Cl. The number of hydrogen-bond donors (Lipinski definition) is 1. The Morgan fingerprint density at radius 1 is 0.946 bits per heavy atom. The molecule has 3 rings (SSSR count). The summed E-state index contributed by atoms with van der Waals surface area (Å²) in [7, 11) is 1.25. The monoisotopic (exact) mass is 558 g/mol. The second-order valence-electron chi connectivity index (χ2n) is 9.11. The van der Waals surface area contributed by atoms with Crippen molar-refractivity contribution in [2.24, 2.45) is 0 Å². The van der Waals surface area contributed by atoms with E-state index in [4.69, 9.17) is 0 Å². The van der Waals surface area contributed by atoms with E-state index in [2.05, 4.69) is 5.32 Å². The van der Waals surface area contributed by atoms with Crippen LogP contribution in [0.2, 0.25) is 0 Å². The number of hydrogen-bond acceptors (Lipinski definition) is 2. The first-order chi connectivity index (χ1) is 16.6. The van der Waals surface area contributed by atoms with Gasteiger partial charge in [0.25, 0.3) is 0 Å². The molecule has 1 fully saturated rings. The first-order valence-corrected chi connectivity index (χ1v) is 11.3. The van der Waals surface area contributed by atoms with Crippen molar-refractivity contribution >= 4 is 18.3 Å². The molecular formula is C25H27ClF8N2O. The molecule has 1 unspecified atom stereocenters. The van der Waals surface area contributed by atoms with Crippen LogP contribution >= 0.6 is 12.4 Å². The van der Waals surface area contributed by atoms with Crippen molar-refractivity contribution in [2.75, 3.05) is 20.1 Å². The molecule has 0 spiro atoms. The maximum Gasteiger partial charge on any atom is 0.416 e. The summed E-state index contributed by atoms with van der Waals surface area (Å²) in [5, 5.41) is 3.03. The van der Waals surface area contributed by atoms with Crippen molar-refractivity contribution in [2.45, 2.75) is 56.2 Å². The van der Waals surface area contributed by atoms with Crippen molar-refractivity contribution in [1.82, 2.24) is 10.2 Å². The van der Waals surface area contributed by atoms with Crippen LogP contribution < -0.4 is 5.32 Å². The Bertz CT molecular complexity index is 1030. The van der Waals surface area contributed by atoms with Gasteiger partial charge in [0, 0.05) is 19.4 Å².